The van der Waals surface area contributed by atoms with Crippen molar-refractivity contribution in [1.29, 1.82) is 0 Å². The van der Waals surface area contributed by atoms with E-state index < -0.39 is 0 Å². The van der Waals surface area contributed by atoms with Crippen molar-refractivity contribution in [3.05, 3.63) is 24.0 Å². The Labute approximate surface area is 115 Å². The molecular weight excluding hydrogens is 239 g/mol. The highest BCUT2D eigenvalue weighted by Gasteiger charge is 2.51. The molecule has 0 bridgehead atoms. The van der Waals surface area contributed by atoms with E-state index in [-0.39, 0.29) is 19.7 Å². The van der Waals surface area contributed by atoms with Crippen molar-refractivity contribution in [1.82, 2.24) is 9.97 Å². The topological polar surface area (TPSA) is 47.1 Å². The number of fused-ring (bicyclic) bond motifs is 1. The highest BCUT2D eigenvalue weighted by atomic mass is 16.7. The minimum Gasteiger partial charge on any atom is -0.399 e. The van der Waals surface area contributed by atoms with Crippen LogP contribution in [0.3, 0.4) is 0 Å². The molecule has 1 aliphatic rings. The second-order valence-electron chi connectivity index (χ2n) is 6.19. The van der Waals surface area contributed by atoms with Crippen molar-refractivity contribution < 1.29 is 10.7 Å². The van der Waals surface area contributed by atoms with E-state index in [1.165, 1.54) is 0 Å². The fourth-order valence-electron chi connectivity index (χ4n) is 2.28. The van der Waals surface area contributed by atoms with Gasteiger partial charge < -0.3 is 14.3 Å². The predicted octanol–water partition coefficient (Wildman–Crippen LogP) is 2.42. The molecule has 1 aromatic carbocycles. The van der Waals surface area contributed by atoms with Gasteiger partial charge in [0.05, 0.1) is 22.2 Å². The normalized spacial score (nSPS) is 21.2. The maximum Gasteiger partial charge on any atom is 0.494 e. The molecule has 1 aromatic heterocycles. The minimum atomic E-state index is -0.321. The third-order valence-electron chi connectivity index (χ3n) is 4.15. The first-order valence-electron chi connectivity index (χ1n) is 6.60. The minimum absolute atomic E-state index is 0. The van der Waals surface area contributed by atoms with Crippen LogP contribution in [0, 0.1) is 6.92 Å². The van der Waals surface area contributed by atoms with Crippen LogP contribution in [0.15, 0.2) is 18.2 Å². The molecule has 1 N–H and O–H groups in total. The van der Waals surface area contributed by atoms with E-state index in [1.54, 1.807) is 0 Å². The van der Waals surface area contributed by atoms with Gasteiger partial charge in [-0.2, -0.15) is 0 Å². The van der Waals surface area contributed by atoms with Crippen LogP contribution in [0.1, 0.15) is 34.9 Å². The van der Waals surface area contributed by atoms with Gasteiger partial charge in [0, 0.05) is 1.43 Å². The number of hydrogen-bond acceptors (Lipinski definition) is 3. The summed E-state index contributed by atoms with van der Waals surface area (Å²) in [6.07, 6.45) is 0. The first-order chi connectivity index (χ1) is 8.78. The lowest BCUT2D eigenvalue weighted by Gasteiger charge is -2.32. The molecule has 0 unspecified atom stereocenters. The first-order valence-corrected chi connectivity index (χ1v) is 6.60. The highest BCUT2D eigenvalue weighted by Crippen LogP contribution is 2.36. The summed E-state index contributed by atoms with van der Waals surface area (Å²) in [5.41, 5.74) is 2.39. The van der Waals surface area contributed by atoms with E-state index in [0.717, 1.165) is 22.3 Å². The number of nitrogens with zero attached hydrogens (tertiary/aromatic N) is 1. The van der Waals surface area contributed by atoms with E-state index in [4.69, 9.17) is 9.31 Å². The molecule has 102 valence electrons. The molecule has 1 fully saturated rings. The number of nitrogens with one attached hydrogen (secondary N) is 1. The van der Waals surface area contributed by atoms with Crippen molar-refractivity contribution in [2.24, 2.45) is 0 Å². The lowest BCUT2D eigenvalue weighted by Crippen LogP contribution is -2.41. The third kappa shape index (κ3) is 1.97. The smallest absolute Gasteiger partial charge is 0.399 e. The van der Waals surface area contributed by atoms with E-state index in [9.17, 15) is 0 Å². The summed E-state index contributed by atoms with van der Waals surface area (Å²) in [6, 6.07) is 6.07. The number of benzene rings is 1. The fraction of sp³-hybridized carbons (Fsp3) is 0.500. The zero-order valence-electron chi connectivity index (χ0n) is 12.1. The molecule has 19 heavy (non-hydrogen) atoms. The van der Waals surface area contributed by atoms with Gasteiger partial charge in [-0.25, -0.2) is 4.98 Å². The van der Waals surface area contributed by atoms with Crippen molar-refractivity contribution in [3.8, 4) is 0 Å². The number of rotatable bonds is 1. The van der Waals surface area contributed by atoms with E-state index in [1.807, 2.05) is 19.1 Å². The summed E-state index contributed by atoms with van der Waals surface area (Å²) in [7, 11) is -0.321. The SMILES string of the molecule is Cc1nc2ccc(B3OC(C)(C)C(C)(C)O3)cc2[nH]1.[HH]. The molecule has 3 rings (SSSR count). The quantitative estimate of drug-likeness (QED) is 0.801. The fourth-order valence-corrected chi connectivity index (χ4v) is 2.28. The Morgan fingerprint density at radius 2 is 1.79 bits per heavy atom. The van der Waals surface area contributed by atoms with Gasteiger partial charge >= 0.3 is 7.12 Å². The summed E-state index contributed by atoms with van der Waals surface area (Å²) in [6.45, 7) is 10.2. The molecule has 2 aromatic rings. The lowest BCUT2D eigenvalue weighted by atomic mass is 9.79. The van der Waals surface area contributed by atoms with Gasteiger partial charge in [0.15, 0.2) is 0 Å². The van der Waals surface area contributed by atoms with Crippen LogP contribution in [0.5, 0.6) is 0 Å². The molecule has 0 saturated carbocycles. The number of aromatic nitrogens is 2. The molecular formula is C14H21BN2O2. The van der Waals surface area contributed by atoms with Gasteiger partial charge in [-0.1, -0.05) is 6.07 Å². The van der Waals surface area contributed by atoms with Crippen molar-refractivity contribution >= 4 is 23.6 Å². The second-order valence-corrected chi connectivity index (χ2v) is 6.19. The molecule has 0 amide bonds. The molecule has 4 nitrogen and oxygen atoms in total. The van der Waals surface area contributed by atoms with Crippen LogP contribution >= 0.6 is 0 Å². The Balaban J connectivity index is 0.00000147. The van der Waals surface area contributed by atoms with Crippen LogP contribution in [0.25, 0.3) is 11.0 Å². The van der Waals surface area contributed by atoms with E-state index in [2.05, 4.69) is 43.7 Å². The van der Waals surface area contributed by atoms with E-state index >= 15 is 0 Å². The largest absolute Gasteiger partial charge is 0.494 e. The van der Waals surface area contributed by atoms with Gasteiger partial charge in [0.1, 0.15) is 5.82 Å². The Bertz CT molecular complexity index is 623. The Morgan fingerprint density at radius 1 is 1.16 bits per heavy atom. The number of aromatic amines is 1. The molecule has 0 atom stereocenters. The number of hydrogen-bond donors (Lipinski definition) is 1. The number of H-pyrrole nitrogens is 1. The Morgan fingerprint density at radius 3 is 2.42 bits per heavy atom. The molecule has 1 aliphatic heterocycles. The standard InChI is InChI=1S/C14H19BN2O2.H2/c1-9-16-11-7-6-10(8-12(11)17-9)15-18-13(2,3)14(4,5)19-15;/h6-8H,1-5H3,(H,16,17);1H. The van der Waals surface area contributed by atoms with Gasteiger partial charge in [0.2, 0.25) is 0 Å². The molecule has 0 radical (unpaired) electrons. The van der Waals surface area contributed by atoms with Crippen molar-refractivity contribution in [2.75, 3.05) is 0 Å². The van der Waals surface area contributed by atoms with Gasteiger partial charge in [0.25, 0.3) is 0 Å². The van der Waals surface area contributed by atoms with Crippen LogP contribution < -0.4 is 5.46 Å². The third-order valence-corrected chi connectivity index (χ3v) is 4.15. The highest BCUT2D eigenvalue weighted by molar-refractivity contribution is 6.62. The summed E-state index contributed by atoms with van der Waals surface area (Å²) < 4.78 is 12.1. The summed E-state index contributed by atoms with van der Waals surface area (Å²) in [4.78, 5) is 7.64. The average Bonchev–Trinajstić information content (AvgIpc) is 2.74. The summed E-state index contributed by atoms with van der Waals surface area (Å²) in [5.74, 6) is 0.918. The van der Waals surface area contributed by atoms with Crippen molar-refractivity contribution in [2.45, 2.75) is 45.8 Å². The van der Waals surface area contributed by atoms with Crippen molar-refractivity contribution in [3.63, 3.8) is 0 Å². The molecule has 1 saturated heterocycles. The number of imidazole rings is 1. The first kappa shape index (κ1) is 12.7. The lowest BCUT2D eigenvalue weighted by molar-refractivity contribution is 0.00578. The van der Waals surface area contributed by atoms with E-state index in [0.29, 0.717) is 0 Å². The number of aryl methyl sites for hydroxylation is 1. The van der Waals surface area contributed by atoms with Crippen LogP contribution in [0.2, 0.25) is 0 Å². The second kappa shape index (κ2) is 3.84. The van der Waals surface area contributed by atoms with Gasteiger partial charge in [-0.15, -0.1) is 0 Å². The Kier molecular flexibility index (Phi) is 2.56. The zero-order chi connectivity index (χ0) is 13.8. The summed E-state index contributed by atoms with van der Waals surface area (Å²) >= 11 is 0. The van der Waals surface area contributed by atoms with Crippen LogP contribution in [-0.4, -0.2) is 28.3 Å². The predicted molar refractivity (Wildman–Crippen MR) is 78.7 cm³/mol. The molecule has 0 spiro atoms. The summed E-state index contributed by atoms with van der Waals surface area (Å²) in [5, 5.41) is 0. The average molecular weight is 260 g/mol. The van der Waals surface area contributed by atoms with Crippen LogP contribution in [0.4, 0.5) is 0 Å². The van der Waals surface area contributed by atoms with Crippen LogP contribution in [-0.2, 0) is 9.31 Å². The monoisotopic (exact) mass is 260 g/mol. The zero-order valence-corrected chi connectivity index (χ0v) is 12.1. The van der Waals surface area contributed by atoms with Gasteiger partial charge in [-0.05, 0) is 52.2 Å². The molecule has 2 heterocycles. The maximum atomic E-state index is 6.05. The molecule has 5 heteroatoms. The Hall–Kier alpha value is -1.33. The molecule has 0 aliphatic carbocycles. The maximum absolute atomic E-state index is 6.05. The van der Waals surface area contributed by atoms with Gasteiger partial charge in [-0.3, -0.25) is 0 Å².